The minimum Gasteiger partial charge on any atom is -0.326 e. The van der Waals surface area contributed by atoms with Gasteiger partial charge in [-0.3, -0.25) is 4.79 Å². The number of hydrogen-bond donors (Lipinski definition) is 3. The van der Waals surface area contributed by atoms with Crippen LogP contribution in [0.2, 0.25) is 0 Å². The number of nitrogens with one attached hydrogen (secondary N) is 3. The molecule has 0 atom stereocenters. The minimum absolute atomic E-state index is 0.150. The highest BCUT2D eigenvalue weighted by Gasteiger charge is 2.10. The maximum absolute atomic E-state index is 12.3. The molecule has 0 fully saturated rings. The molecule has 0 saturated heterocycles. The second kappa shape index (κ2) is 6.61. The molecule has 0 aliphatic heterocycles. The van der Waals surface area contributed by atoms with Crippen LogP contribution in [0.5, 0.6) is 0 Å². The highest BCUT2D eigenvalue weighted by atomic mass is 32.1. The molecule has 2 aromatic heterocycles. The number of aryl methyl sites for hydroxylation is 1. The van der Waals surface area contributed by atoms with Crippen LogP contribution in [0, 0.1) is 6.92 Å². The van der Waals surface area contributed by atoms with Crippen molar-refractivity contribution in [2.24, 2.45) is 0 Å². The lowest BCUT2D eigenvalue weighted by Gasteiger charge is -2.04. The van der Waals surface area contributed by atoms with E-state index in [-0.39, 0.29) is 18.0 Å². The minimum atomic E-state index is -0.269. The van der Waals surface area contributed by atoms with E-state index in [4.69, 9.17) is 0 Å². The molecule has 2 aromatic carbocycles. The van der Waals surface area contributed by atoms with E-state index < -0.39 is 0 Å². The first-order chi connectivity index (χ1) is 12.6. The highest BCUT2D eigenvalue weighted by molar-refractivity contribution is 7.13. The number of H-pyrrole nitrogens is 2. The van der Waals surface area contributed by atoms with Gasteiger partial charge in [0.2, 0.25) is 5.91 Å². The summed E-state index contributed by atoms with van der Waals surface area (Å²) in [6, 6.07) is 13.4. The van der Waals surface area contributed by atoms with Crippen molar-refractivity contribution in [3.63, 3.8) is 0 Å². The molecule has 4 rings (SSSR count). The SMILES string of the molecule is Cc1ccc(-c2nc(CC(=O)Nc3ccc4[nH]c(=O)[nH]c4c3)cs2)cc1. The number of nitrogens with zero attached hydrogens (tertiary/aromatic N) is 1. The maximum Gasteiger partial charge on any atom is 0.323 e. The van der Waals surface area contributed by atoms with Crippen LogP contribution in [0.15, 0.2) is 52.6 Å². The molecule has 3 N–H and O–H groups in total. The van der Waals surface area contributed by atoms with Gasteiger partial charge in [-0.2, -0.15) is 0 Å². The third kappa shape index (κ3) is 3.43. The number of carbonyl (C=O) groups is 1. The van der Waals surface area contributed by atoms with Crippen LogP contribution in [-0.2, 0) is 11.2 Å². The number of imidazole rings is 1. The van der Waals surface area contributed by atoms with Crippen LogP contribution >= 0.6 is 11.3 Å². The van der Waals surface area contributed by atoms with Crippen molar-refractivity contribution in [3.05, 3.63) is 69.6 Å². The molecule has 0 bridgehead atoms. The first-order valence-electron chi connectivity index (χ1n) is 8.10. The van der Waals surface area contributed by atoms with Gasteiger partial charge in [0.15, 0.2) is 0 Å². The number of anilines is 1. The lowest BCUT2D eigenvalue weighted by molar-refractivity contribution is -0.115. The van der Waals surface area contributed by atoms with Gasteiger partial charge in [0.25, 0.3) is 0 Å². The molecule has 1 amide bonds. The molecule has 0 radical (unpaired) electrons. The zero-order valence-electron chi connectivity index (χ0n) is 14.0. The Morgan fingerprint density at radius 3 is 2.69 bits per heavy atom. The number of aromatic amines is 2. The fourth-order valence-corrected chi connectivity index (χ4v) is 3.52. The van der Waals surface area contributed by atoms with Gasteiger partial charge in [-0.15, -0.1) is 11.3 Å². The van der Waals surface area contributed by atoms with E-state index in [1.807, 2.05) is 36.6 Å². The van der Waals surface area contributed by atoms with Crippen LogP contribution in [0.1, 0.15) is 11.3 Å². The van der Waals surface area contributed by atoms with Crippen LogP contribution in [-0.4, -0.2) is 20.9 Å². The first-order valence-corrected chi connectivity index (χ1v) is 8.98. The van der Waals surface area contributed by atoms with E-state index in [9.17, 15) is 9.59 Å². The lowest BCUT2D eigenvalue weighted by atomic mass is 10.2. The summed E-state index contributed by atoms with van der Waals surface area (Å²) in [6.07, 6.45) is 0.198. The number of thiazole rings is 1. The van der Waals surface area contributed by atoms with Crippen molar-refractivity contribution in [1.29, 1.82) is 0 Å². The zero-order chi connectivity index (χ0) is 18.1. The Balaban J connectivity index is 1.45. The summed E-state index contributed by atoms with van der Waals surface area (Å²) in [5, 5.41) is 5.64. The molecule has 2 heterocycles. The molecule has 4 aromatic rings. The second-order valence-electron chi connectivity index (χ2n) is 6.07. The molecule has 0 aliphatic rings. The van der Waals surface area contributed by atoms with Gasteiger partial charge in [-0.05, 0) is 25.1 Å². The van der Waals surface area contributed by atoms with Gasteiger partial charge in [0, 0.05) is 16.6 Å². The average Bonchev–Trinajstić information content (AvgIpc) is 3.20. The van der Waals surface area contributed by atoms with Crippen LogP contribution < -0.4 is 11.0 Å². The Morgan fingerprint density at radius 1 is 1.12 bits per heavy atom. The van der Waals surface area contributed by atoms with Crippen LogP contribution in [0.25, 0.3) is 21.6 Å². The van der Waals surface area contributed by atoms with Crippen molar-refractivity contribution in [1.82, 2.24) is 15.0 Å². The van der Waals surface area contributed by atoms with Crippen molar-refractivity contribution in [3.8, 4) is 10.6 Å². The summed E-state index contributed by atoms with van der Waals surface area (Å²) in [5.74, 6) is -0.150. The molecule has 26 heavy (non-hydrogen) atoms. The van der Waals surface area contributed by atoms with Crippen molar-refractivity contribution in [2.45, 2.75) is 13.3 Å². The summed E-state index contributed by atoms with van der Waals surface area (Å²) in [7, 11) is 0. The zero-order valence-corrected chi connectivity index (χ0v) is 14.8. The molecular weight excluding hydrogens is 348 g/mol. The fraction of sp³-hybridized carbons (Fsp3) is 0.105. The van der Waals surface area contributed by atoms with E-state index in [0.29, 0.717) is 16.7 Å². The van der Waals surface area contributed by atoms with E-state index in [1.165, 1.54) is 16.9 Å². The number of amides is 1. The van der Waals surface area contributed by atoms with Gasteiger partial charge in [0.05, 0.1) is 23.1 Å². The third-order valence-corrected chi connectivity index (χ3v) is 4.93. The largest absolute Gasteiger partial charge is 0.326 e. The number of fused-ring (bicyclic) bond motifs is 1. The van der Waals surface area contributed by atoms with Crippen molar-refractivity contribution in [2.75, 3.05) is 5.32 Å². The van der Waals surface area contributed by atoms with Gasteiger partial charge >= 0.3 is 5.69 Å². The van der Waals surface area contributed by atoms with E-state index in [2.05, 4.69) is 20.3 Å². The molecular formula is C19H16N4O2S. The van der Waals surface area contributed by atoms with Crippen molar-refractivity contribution >= 4 is 34.0 Å². The van der Waals surface area contributed by atoms with E-state index in [0.717, 1.165) is 16.3 Å². The molecule has 6 nitrogen and oxygen atoms in total. The fourth-order valence-electron chi connectivity index (χ4n) is 2.70. The highest BCUT2D eigenvalue weighted by Crippen LogP contribution is 2.24. The standard InChI is InChI=1S/C19H16N4O2S/c1-11-2-4-12(5-3-11)18-21-14(10-26-18)9-17(24)20-13-6-7-15-16(8-13)23-19(25)22-15/h2-8,10H,9H2,1H3,(H,20,24)(H2,22,23,25). The van der Waals surface area contributed by atoms with Gasteiger partial charge in [-0.1, -0.05) is 29.8 Å². The first kappa shape index (κ1) is 16.3. The third-order valence-electron chi connectivity index (χ3n) is 3.99. The predicted molar refractivity (Wildman–Crippen MR) is 104 cm³/mol. The van der Waals surface area contributed by atoms with Gasteiger partial charge in [-0.25, -0.2) is 9.78 Å². The lowest BCUT2D eigenvalue weighted by Crippen LogP contribution is -2.14. The molecule has 7 heteroatoms. The average molecular weight is 364 g/mol. The molecule has 0 saturated carbocycles. The number of rotatable bonds is 4. The Labute approximate surface area is 152 Å². The smallest absolute Gasteiger partial charge is 0.323 e. The number of hydrogen-bond acceptors (Lipinski definition) is 4. The van der Waals surface area contributed by atoms with Gasteiger partial charge in [0.1, 0.15) is 5.01 Å². The Morgan fingerprint density at radius 2 is 1.88 bits per heavy atom. The van der Waals surface area contributed by atoms with Crippen LogP contribution in [0.3, 0.4) is 0 Å². The molecule has 0 spiro atoms. The van der Waals surface area contributed by atoms with Gasteiger partial charge < -0.3 is 15.3 Å². The number of benzene rings is 2. The monoisotopic (exact) mass is 364 g/mol. The summed E-state index contributed by atoms with van der Waals surface area (Å²) in [5.41, 5.74) is 4.71. The summed E-state index contributed by atoms with van der Waals surface area (Å²) in [6.45, 7) is 2.04. The number of aromatic nitrogens is 3. The maximum atomic E-state index is 12.3. The summed E-state index contributed by atoms with van der Waals surface area (Å²) >= 11 is 1.53. The normalized spacial score (nSPS) is 11.0. The number of carbonyl (C=O) groups excluding carboxylic acids is 1. The second-order valence-corrected chi connectivity index (χ2v) is 6.93. The quantitative estimate of drug-likeness (QED) is 0.518. The molecule has 130 valence electrons. The summed E-state index contributed by atoms with van der Waals surface area (Å²) in [4.78, 5) is 33.5. The van der Waals surface area contributed by atoms with Crippen LogP contribution in [0.4, 0.5) is 5.69 Å². The molecule has 0 aliphatic carbocycles. The topological polar surface area (TPSA) is 90.6 Å². The Kier molecular flexibility index (Phi) is 4.14. The Hall–Kier alpha value is -3.19. The van der Waals surface area contributed by atoms with E-state index >= 15 is 0 Å². The Bertz CT molecular complexity index is 1140. The van der Waals surface area contributed by atoms with E-state index in [1.54, 1.807) is 18.2 Å². The predicted octanol–water partition coefficient (Wildman–Crippen LogP) is 3.47. The summed E-state index contributed by atoms with van der Waals surface area (Å²) < 4.78 is 0. The molecule has 0 unspecified atom stereocenters. The van der Waals surface area contributed by atoms with Crippen molar-refractivity contribution < 1.29 is 4.79 Å².